The first-order chi connectivity index (χ1) is 69.9. The smallest absolute Gasteiger partial charge is 0.136 e. The summed E-state index contributed by atoms with van der Waals surface area (Å²) in [5, 5.41) is 4.92. The van der Waals surface area contributed by atoms with Crippen LogP contribution >= 0.6 is 11.3 Å². The third-order valence-corrected chi connectivity index (χ3v) is 37.1. The predicted molar refractivity (Wildman–Crippen MR) is 592 cm³/mol. The van der Waals surface area contributed by atoms with E-state index in [1.54, 1.807) is 11.1 Å². The molecule has 8 aliphatic carbocycles. The van der Waals surface area contributed by atoms with E-state index in [0.717, 1.165) is 92.9 Å². The van der Waals surface area contributed by atoms with Crippen LogP contribution in [0.4, 0.5) is 34.1 Å². The van der Waals surface area contributed by atoms with Crippen molar-refractivity contribution in [3.8, 4) is 77.9 Å². The molecule has 1 unspecified atom stereocenters. The van der Waals surface area contributed by atoms with Crippen LogP contribution in [0.2, 0.25) is 0 Å². The Morgan fingerprint density at radius 3 is 0.979 bits per heavy atom. The van der Waals surface area contributed by atoms with Gasteiger partial charge < -0.3 is 14.2 Å². The van der Waals surface area contributed by atoms with Crippen molar-refractivity contribution in [3.63, 3.8) is 0 Å². The van der Waals surface area contributed by atoms with E-state index in [2.05, 4.69) is 480 Å². The Balaban J connectivity index is 0.544. The van der Waals surface area contributed by atoms with Gasteiger partial charge in [-0.25, -0.2) is 0 Å². The second kappa shape index (κ2) is 31.9. The van der Waals surface area contributed by atoms with Gasteiger partial charge in [-0.2, -0.15) is 0 Å². The van der Waals surface area contributed by atoms with Crippen molar-refractivity contribution in [1.29, 1.82) is 0 Å². The number of nitrogens with zero attached hydrogens (tertiary/aromatic N) is 2. The number of anilines is 6. The first kappa shape index (κ1) is 83.7. The zero-order chi connectivity index (χ0) is 94.1. The van der Waals surface area contributed by atoms with E-state index in [4.69, 9.17) is 4.42 Å². The van der Waals surface area contributed by atoms with Crippen molar-refractivity contribution >= 4 is 87.6 Å². The Labute approximate surface area is 836 Å². The van der Waals surface area contributed by atoms with E-state index >= 15 is 0 Å². The lowest BCUT2D eigenvalue weighted by atomic mass is 9.39. The minimum Gasteiger partial charge on any atom is -0.456 e. The van der Waals surface area contributed by atoms with Gasteiger partial charge in [0.15, 0.2) is 0 Å². The summed E-state index contributed by atoms with van der Waals surface area (Å²) in [6.45, 7) is 10.3. The Morgan fingerprint density at radius 2 is 0.528 bits per heavy atom. The fraction of sp³-hybridized carbons (Fsp3) is 0.174. The minimum atomic E-state index is -0.618. The lowest BCUT2D eigenvalue weighted by Crippen LogP contribution is -2.59. The maximum absolute atomic E-state index is 6.54. The lowest BCUT2D eigenvalue weighted by molar-refractivity contribution is 0.00919. The van der Waals surface area contributed by atoms with Crippen molar-refractivity contribution in [2.24, 2.45) is 41.4 Å². The molecule has 4 bridgehead atoms. The highest BCUT2D eigenvalue weighted by molar-refractivity contribution is 7.25. The summed E-state index contributed by atoms with van der Waals surface area (Å²) < 4.78 is 9.17. The molecule has 19 aromatic carbocycles. The molecule has 682 valence electrons. The van der Waals surface area contributed by atoms with Gasteiger partial charge in [-0.15, -0.1) is 11.3 Å². The fourth-order valence-electron chi connectivity index (χ4n) is 30.5. The van der Waals surface area contributed by atoms with E-state index in [0.29, 0.717) is 41.4 Å². The number of para-hydroxylation sites is 1. The summed E-state index contributed by atoms with van der Waals surface area (Å²) >= 11 is 1.88. The van der Waals surface area contributed by atoms with Crippen molar-refractivity contribution in [3.05, 3.63) is 515 Å². The third kappa shape index (κ3) is 12.1. The fourth-order valence-corrected chi connectivity index (χ4v) is 31.7. The summed E-state index contributed by atoms with van der Waals surface area (Å²) in [6.07, 6.45) is 9.38. The molecule has 2 aromatic heterocycles. The molecule has 0 saturated heterocycles. The Morgan fingerprint density at radius 1 is 0.225 bits per heavy atom. The van der Waals surface area contributed by atoms with Gasteiger partial charge >= 0.3 is 0 Å². The monoisotopic (exact) mass is 1840 g/mol. The summed E-state index contributed by atoms with van der Waals surface area (Å²) in [5.41, 5.74) is 43.0. The van der Waals surface area contributed by atoms with Crippen LogP contribution in [0.3, 0.4) is 0 Å². The van der Waals surface area contributed by atoms with Gasteiger partial charge in [0.1, 0.15) is 11.2 Å². The van der Waals surface area contributed by atoms with Crippen LogP contribution in [0.5, 0.6) is 0 Å². The molecule has 0 amide bonds. The molecular weight excluding hydrogens is 1730 g/mol. The van der Waals surface area contributed by atoms with Crippen molar-refractivity contribution < 1.29 is 4.42 Å². The van der Waals surface area contributed by atoms with Gasteiger partial charge in [0.25, 0.3) is 0 Å². The molecule has 0 aliphatic heterocycles. The van der Waals surface area contributed by atoms with Crippen LogP contribution in [0.25, 0.3) is 120 Å². The van der Waals surface area contributed by atoms with Gasteiger partial charge in [0, 0.05) is 75.9 Å². The Kier molecular flexibility index (Phi) is 18.8. The SMILES string of the molecule is CC1C[C@H]2CC(C)C[C@H](C1)C21c2ccccc2C2(c3ccccc3-c3ccccc32)c2cc(N(c3ccc(-c4ccc([C@@]5(C)C[C@H]6C[C@H](C)C[C@@H](C5)C65c6ccccc6C6(c7ccccc7-c7ccccc76)c6cc(N(c7ccc(-c8ccc(-c9ccccc9)cc8)cc7)c7ccc(-c8ccc9c(c8)sc8ccccc89)cc7)ccc65)cc4)cc3)c3ccc(-c4ccc5c(c4)oc4ccccc45)cc3)ccc21. The highest BCUT2D eigenvalue weighted by atomic mass is 32.1. The van der Waals surface area contributed by atoms with E-state index in [1.165, 1.54) is 174 Å². The summed E-state index contributed by atoms with van der Waals surface area (Å²) in [5.74, 6) is 3.63. The number of hydrogen-bond donors (Lipinski definition) is 0. The van der Waals surface area contributed by atoms with Crippen molar-refractivity contribution in [2.75, 3.05) is 9.80 Å². The molecule has 4 saturated carbocycles. The van der Waals surface area contributed by atoms with E-state index in [-0.39, 0.29) is 16.2 Å². The minimum absolute atomic E-state index is 0.108. The zero-order valence-corrected chi connectivity index (χ0v) is 81.4. The van der Waals surface area contributed by atoms with Crippen LogP contribution in [0, 0.1) is 41.4 Å². The number of benzene rings is 19. The van der Waals surface area contributed by atoms with Gasteiger partial charge in [-0.1, -0.05) is 367 Å². The Hall–Kier alpha value is -15.2. The number of hydrogen-bond acceptors (Lipinski definition) is 4. The number of rotatable bonds is 12. The first-order valence-electron chi connectivity index (χ1n) is 51.9. The maximum atomic E-state index is 6.54. The van der Waals surface area contributed by atoms with Crippen molar-refractivity contribution in [2.45, 2.75) is 106 Å². The predicted octanol–water partition coefficient (Wildman–Crippen LogP) is 36.7. The summed E-state index contributed by atoms with van der Waals surface area (Å²) in [7, 11) is 0. The quantitative estimate of drug-likeness (QED) is 0.122. The van der Waals surface area contributed by atoms with Gasteiger partial charge in [0.05, 0.1) is 10.8 Å². The highest BCUT2D eigenvalue weighted by Gasteiger charge is 2.66. The van der Waals surface area contributed by atoms with Crippen LogP contribution < -0.4 is 9.80 Å². The molecule has 5 atom stereocenters. The molecule has 29 rings (SSSR count). The zero-order valence-electron chi connectivity index (χ0n) is 80.6. The largest absolute Gasteiger partial charge is 0.456 e. The van der Waals surface area contributed by atoms with Crippen LogP contribution in [0.1, 0.15) is 151 Å². The molecule has 4 heteroatoms. The van der Waals surface area contributed by atoms with E-state index < -0.39 is 10.8 Å². The van der Waals surface area contributed by atoms with Gasteiger partial charge in [0.2, 0.25) is 0 Å². The average Bonchev–Trinajstić information content (AvgIpc) is 1.31. The standard InChI is InChI=1S/C138H108N2OS/c1-86-74-100-76-87(2)77-101(75-86)135(100)122-36-18-20-38-124(122)137(118-32-14-8-26-110(118)111-27-9-15-33-119(111)137)128-82-108(68-72-126(128)135)139(106-64-52-95(53-65-106)97-56-70-115-114-30-12-22-40-130(114)141-131(115)80-97)105-62-50-94(51-63-105)92-46-58-99(59-47-92)134(4)84-102-78-88(3)79-103(85-134)136(102)123-37-19-21-39-125(123)138(120-34-16-10-28-112(120)113-29-11-17-35-121(113)138)129-83-109(69-73-127(129)136)140(104-60-48-93(49-61-104)91-44-42-90(43-45-91)89-24-6-5-7-25-89)107-66-54-96(55-67-107)98-57-71-117-116-31-13-23-41-132(116)142-133(117)81-98/h5-73,80-83,86-88,100-103H,74-79,84-85H2,1-4H3/t86?,87?,88-,100-,101-,102+,103-,134-,135?,136?. The Bertz CT molecular complexity index is 8520. The van der Waals surface area contributed by atoms with Crippen LogP contribution in [-0.4, -0.2) is 0 Å². The molecule has 21 aromatic rings. The second-order valence-electron chi connectivity index (χ2n) is 43.5. The van der Waals surface area contributed by atoms with Crippen molar-refractivity contribution in [1.82, 2.24) is 0 Å². The molecule has 4 spiro atoms. The molecule has 0 N–H and O–H groups in total. The maximum Gasteiger partial charge on any atom is 0.136 e. The van der Waals surface area contributed by atoms with E-state index in [1.807, 2.05) is 11.3 Å². The number of fused-ring (bicyclic) bond motifs is 24. The molecule has 8 aliphatic rings. The van der Waals surface area contributed by atoms with Gasteiger partial charge in [-0.3, -0.25) is 0 Å². The topological polar surface area (TPSA) is 19.6 Å². The van der Waals surface area contributed by atoms with Crippen LogP contribution in [0.15, 0.2) is 447 Å². The molecule has 2 heterocycles. The molecule has 0 radical (unpaired) electrons. The second-order valence-corrected chi connectivity index (χ2v) is 44.5. The normalized spacial score (nSPS) is 21.8. The summed E-state index contributed by atoms with van der Waals surface area (Å²) in [4.78, 5) is 5.12. The number of thiophene rings is 1. The van der Waals surface area contributed by atoms with Gasteiger partial charge in [-0.05, 0) is 352 Å². The molecule has 3 nitrogen and oxygen atoms in total. The third-order valence-electron chi connectivity index (χ3n) is 35.9. The molecular formula is C138H108N2OS. The van der Waals surface area contributed by atoms with Crippen LogP contribution in [-0.2, 0) is 27.1 Å². The highest BCUT2D eigenvalue weighted by Crippen LogP contribution is 2.74. The average molecular weight is 1840 g/mol. The summed E-state index contributed by atoms with van der Waals surface area (Å²) in [6, 6.07) is 172. The first-order valence-corrected chi connectivity index (χ1v) is 52.7. The number of furan rings is 1. The molecule has 142 heavy (non-hydrogen) atoms. The molecule has 4 fully saturated rings. The lowest BCUT2D eigenvalue weighted by Gasteiger charge is -2.64. The van der Waals surface area contributed by atoms with E-state index in [9.17, 15) is 0 Å².